The number of amides is 2. The molecule has 3 aromatic carbocycles. The van der Waals surface area contributed by atoms with Crippen molar-refractivity contribution < 1.29 is 22.8 Å². The van der Waals surface area contributed by atoms with Gasteiger partial charge in [-0.15, -0.1) is 0 Å². The summed E-state index contributed by atoms with van der Waals surface area (Å²) in [6.07, 6.45) is -0.302. The third-order valence-electron chi connectivity index (χ3n) is 7.80. The van der Waals surface area contributed by atoms with Crippen molar-refractivity contribution in [2.45, 2.75) is 45.0 Å². The Labute approximate surface area is 277 Å². The molecular weight excluding hydrogens is 635 g/mol. The van der Waals surface area contributed by atoms with Crippen LogP contribution in [0.3, 0.4) is 0 Å². The maximum Gasteiger partial charge on any atom is 0.417 e. The highest BCUT2D eigenvalue weighted by molar-refractivity contribution is 7.98. The fourth-order valence-corrected chi connectivity index (χ4v) is 6.34. The Kier molecular flexibility index (Phi) is 12.9. The molecule has 0 atom stereocenters. The van der Waals surface area contributed by atoms with Gasteiger partial charge in [-0.2, -0.15) is 30.0 Å². The van der Waals surface area contributed by atoms with E-state index in [1.807, 2.05) is 36.0 Å². The smallest absolute Gasteiger partial charge is 0.372 e. The van der Waals surface area contributed by atoms with Gasteiger partial charge in [0.05, 0.1) is 28.1 Å². The number of thioether (sulfide) groups is 1. The van der Waals surface area contributed by atoms with Crippen LogP contribution in [0.25, 0.3) is 0 Å². The van der Waals surface area contributed by atoms with Gasteiger partial charge in [0.2, 0.25) is 0 Å². The topological polar surface area (TPSA) is 77.0 Å². The number of carbonyl (C=O) groups is 2. The van der Waals surface area contributed by atoms with Crippen molar-refractivity contribution in [1.29, 1.82) is 0 Å². The van der Waals surface area contributed by atoms with Crippen molar-refractivity contribution >= 4 is 52.8 Å². The standard InChI is InChI=1S/C34H39ClF3N5O2S/c1-3-42(4-2)17-18-46-23-25-9-8-10-26(19-25)32(44)40-31-14-12-27(43-15-6-5-7-16-43)21-28(31)33(45)41-39-22-24-11-13-30(35)29(20-24)34(36,37)38/h8-14,19-22H,3-7,15-18,23H2,1-2H3,(H,40,44)(H,41,45). The third-order valence-corrected chi connectivity index (χ3v) is 9.14. The molecular formula is C34H39ClF3N5O2S. The fourth-order valence-electron chi connectivity index (χ4n) is 5.16. The summed E-state index contributed by atoms with van der Waals surface area (Å²) in [6.45, 7) is 9.04. The lowest BCUT2D eigenvalue weighted by Gasteiger charge is -2.29. The molecule has 46 heavy (non-hydrogen) atoms. The van der Waals surface area contributed by atoms with Gasteiger partial charge in [0.25, 0.3) is 11.8 Å². The molecule has 0 bridgehead atoms. The molecule has 1 saturated heterocycles. The first-order valence-corrected chi connectivity index (χ1v) is 16.9. The number of alkyl halides is 3. The van der Waals surface area contributed by atoms with Gasteiger partial charge in [-0.1, -0.05) is 43.6 Å². The number of nitrogens with one attached hydrogen (secondary N) is 2. The number of halogens is 4. The molecule has 2 N–H and O–H groups in total. The molecule has 0 saturated carbocycles. The Morgan fingerprint density at radius 2 is 1.76 bits per heavy atom. The first kappa shape index (κ1) is 35.3. The van der Waals surface area contributed by atoms with Gasteiger partial charge < -0.3 is 15.1 Å². The number of nitrogens with zero attached hydrogens (tertiary/aromatic N) is 3. The van der Waals surface area contributed by atoms with E-state index in [9.17, 15) is 22.8 Å². The molecule has 1 aliphatic rings. The molecule has 2 amide bonds. The van der Waals surface area contributed by atoms with Gasteiger partial charge in [0.15, 0.2) is 0 Å². The minimum absolute atomic E-state index is 0.110. The lowest BCUT2D eigenvalue weighted by Crippen LogP contribution is -2.30. The zero-order valence-corrected chi connectivity index (χ0v) is 27.6. The molecule has 1 aliphatic heterocycles. The second-order valence-electron chi connectivity index (χ2n) is 10.9. The van der Waals surface area contributed by atoms with Gasteiger partial charge in [-0.3, -0.25) is 9.59 Å². The van der Waals surface area contributed by atoms with E-state index in [2.05, 4.69) is 39.5 Å². The summed E-state index contributed by atoms with van der Waals surface area (Å²) in [5.41, 5.74) is 4.32. The number of benzene rings is 3. The van der Waals surface area contributed by atoms with E-state index in [1.54, 1.807) is 18.2 Å². The molecule has 12 heteroatoms. The monoisotopic (exact) mass is 673 g/mol. The Morgan fingerprint density at radius 1 is 1.00 bits per heavy atom. The molecule has 0 aliphatic carbocycles. The Hall–Kier alpha value is -3.54. The zero-order valence-electron chi connectivity index (χ0n) is 26.0. The minimum Gasteiger partial charge on any atom is -0.372 e. The third kappa shape index (κ3) is 9.98. The molecule has 1 heterocycles. The van der Waals surface area contributed by atoms with E-state index in [0.717, 1.165) is 93.1 Å². The van der Waals surface area contributed by atoms with E-state index in [4.69, 9.17) is 11.6 Å². The minimum atomic E-state index is -4.63. The van der Waals surface area contributed by atoms with Crippen LogP contribution in [0.15, 0.2) is 65.8 Å². The molecule has 246 valence electrons. The van der Waals surface area contributed by atoms with Crippen molar-refractivity contribution in [3.8, 4) is 0 Å². The molecule has 0 spiro atoms. The fraction of sp³-hybridized carbons (Fsp3) is 0.382. The second kappa shape index (κ2) is 16.9. The summed E-state index contributed by atoms with van der Waals surface area (Å²) in [5.74, 6) is 0.786. The van der Waals surface area contributed by atoms with Gasteiger partial charge in [0, 0.05) is 42.4 Å². The van der Waals surface area contributed by atoms with Crippen molar-refractivity contribution in [1.82, 2.24) is 10.3 Å². The second-order valence-corrected chi connectivity index (χ2v) is 12.5. The molecule has 4 rings (SSSR count). The molecule has 3 aromatic rings. The molecule has 7 nitrogen and oxygen atoms in total. The SMILES string of the molecule is CCN(CC)CCSCc1cccc(C(=O)Nc2ccc(N3CCCCC3)cc2C(=O)NN=Cc2ccc(Cl)c(C(F)(F)F)c2)c1. The maximum absolute atomic E-state index is 13.4. The van der Waals surface area contributed by atoms with Gasteiger partial charge in [-0.25, -0.2) is 5.43 Å². The summed E-state index contributed by atoms with van der Waals surface area (Å²) in [6, 6.07) is 16.0. The van der Waals surface area contributed by atoms with Crippen molar-refractivity contribution in [3.05, 3.63) is 93.5 Å². The highest BCUT2D eigenvalue weighted by Gasteiger charge is 2.33. The van der Waals surface area contributed by atoms with Crippen LogP contribution in [0.2, 0.25) is 5.02 Å². The van der Waals surface area contributed by atoms with Crippen LogP contribution >= 0.6 is 23.4 Å². The van der Waals surface area contributed by atoms with Crippen LogP contribution in [-0.4, -0.2) is 61.4 Å². The highest BCUT2D eigenvalue weighted by Crippen LogP contribution is 2.35. The quantitative estimate of drug-likeness (QED) is 0.109. The van der Waals surface area contributed by atoms with Crippen LogP contribution < -0.4 is 15.6 Å². The largest absolute Gasteiger partial charge is 0.417 e. The first-order chi connectivity index (χ1) is 22.1. The number of piperidine rings is 1. The van der Waals surface area contributed by atoms with Gasteiger partial charge >= 0.3 is 6.18 Å². The predicted molar refractivity (Wildman–Crippen MR) is 182 cm³/mol. The molecule has 0 aromatic heterocycles. The summed E-state index contributed by atoms with van der Waals surface area (Å²) in [5, 5.41) is 6.34. The summed E-state index contributed by atoms with van der Waals surface area (Å²) in [7, 11) is 0. The number of hydrogen-bond acceptors (Lipinski definition) is 6. The van der Waals surface area contributed by atoms with Gasteiger partial charge in [0.1, 0.15) is 0 Å². The lowest BCUT2D eigenvalue weighted by atomic mass is 10.1. The van der Waals surface area contributed by atoms with E-state index >= 15 is 0 Å². The molecule has 0 unspecified atom stereocenters. The summed E-state index contributed by atoms with van der Waals surface area (Å²) in [4.78, 5) is 31.3. The summed E-state index contributed by atoms with van der Waals surface area (Å²) >= 11 is 7.52. The molecule has 1 fully saturated rings. The van der Waals surface area contributed by atoms with Crippen LogP contribution in [0.1, 0.15) is 70.5 Å². The van der Waals surface area contributed by atoms with Crippen molar-refractivity contribution in [2.24, 2.45) is 5.10 Å². The lowest BCUT2D eigenvalue weighted by molar-refractivity contribution is -0.137. The zero-order chi connectivity index (χ0) is 33.1. The number of rotatable bonds is 13. The Morgan fingerprint density at radius 3 is 2.48 bits per heavy atom. The number of hydrogen-bond donors (Lipinski definition) is 2. The maximum atomic E-state index is 13.4. The summed E-state index contributed by atoms with van der Waals surface area (Å²) < 4.78 is 39.8. The van der Waals surface area contributed by atoms with Crippen molar-refractivity contribution in [3.63, 3.8) is 0 Å². The normalized spacial score (nSPS) is 13.8. The highest BCUT2D eigenvalue weighted by atomic mass is 35.5. The van der Waals surface area contributed by atoms with E-state index in [-0.39, 0.29) is 17.0 Å². The van der Waals surface area contributed by atoms with Crippen LogP contribution in [0, 0.1) is 0 Å². The Balaban J connectivity index is 1.50. The van der Waals surface area contributed by atoms with E-state index in [1.165, 1.54) is 6.07 Å². The average Bonchev–Trinajstić information content (AvgIpc) is 3.05. The van der Waals surface area contributed by atoms with Gasteiger partial charge in [-0.05, 0) is 85.9 Å². The average molecular weight is 674 g/mol. The predicted octanol–water partition coefficient (Wildman–Crippen LogP) is 7.94. The Bertz CT molecular complexity index is 1520. The van der Waals surface area contributed by atoms with Crippen LogP contribution in [0.4, 0.5) is 24.5 Å². The number of anilines is 2. The van der Waals surface area contributed by atoms with E-state index in [0.29, 0.717) is 11.3 Å². The molecule has 0 radical (unpaired) electrons. The van der Waals surface area contributed by atoms with Crippen LogP contribution in [-0.2, 0) is 11.9 Å². The van der Waals surface area contributed by atoms with Crippen molar-refractivity contribution in [2.75, 3.05) is 48.7 Å². The van der Waals surface area contributed by atoms with Crippen LogP contribution in [0.5, 0.6) is 0 Å². The van der Waals surface area contributed by atoms with E-state index < -0.39 is 22.7 Å². The number of carbonyl (C=O) groups excluding carboxylic acids is 2. The first-order valence-electron chi connectivity index (χ1n) is 15.4. The number of hydrazone groups is 1.